The van der Waals surface area contributed by atoms with E-state index in [4.69, 9.17) is 15.2 Å². The van der Waals surface area contributed by atoms with E-state index in [0.717, 1.165) is 36.5 Å². The first-order valence-electron chi connectivity index (χ1n) is 5.46. The predicted molar refractivity (Wildman–Crippen MR) is 59.3 cm³/mol. The zero-order chi connectivity index (χ0) is 10.7. The van der Waals surface area contributed by atoms with Crippen LogP contribution in [-0.2, 0) is 0 Å². The molecule has 2 rings (SSSR count). The van der Waals surface area contributed by atoms with E-state index in [2.05, 4.69) is 6.92 Å². The molecule has 1 aromatic rings. The summed E-state index contributed by atoms with van der Waals surface area (Å²) in [6.07, 6.45) is 1.89. The van der Waals surface area contributed by atoms with Crippen LogP contribution in [0.2, 0.25) is 0 Å². The number of ether oxygens (including phenoxy) is 2. The Balaban J connectivity index is 2.19. The highest BCUT2D eigenvalue weighted by molar-refractivity contribution is 5.43. The normalized spacial score (nSPS) is 19.2. The Kier molecular flexibility index (Phi) is 3.11. The van der Waals surface area contributed by atoms with Crippen LogP contribution in [0.15, 0.2) is 18.2 Å². The van der Waals surface area contributed by atoms with E-state index in [9.17, 15) is 0 Å². The van der Waals surface area contributed by atoms with Crippen LogP contribution in [0.5, 0.6) is 11.5 Å². The molecule has 0 fully saturated rings. The Bertz CT molecular complexity index is 338. The van der Waals surface area contributed by atoms with Crippen LogP contribution in [0.3, 0.4) is 0 Å². The van der Waals surface area contributed by atoms with E-state index in [1.807, 2.05) is 18.2 Å². The SMILES string of the molecule is CCCOc1ccc2c(c1)[C@H](N)CCO2. The molecule has 2 N–H and O–H groups in total. The lowest BCUT2D eigenvalue weighted by molar-refractivity contribution is 0.266. The van der Waals surface area contributed by atoms with E-state index in [0.29, 0.717) is 6.61 Å². The minimum Gasteiger partial charge on any atom is -0.494 e. The third-order valence-corrected chi connectivity index (χ3v) is 2.54. The Morgan fingerprint density at radius 1 is 1.53 bits per heavy atom. The Labute approximate surface area is 90.2 Å². The molecular weight excluding hydrogens is 190 g/mol. The van der Waals surface area contributed by atoms with Crippen molar-refractivity contribution in [3.05, 3.63) is 23.8 Å². The van der Waals surface area contributed by atoms with Crippen LogP contribution in [0.4, 0.5) is 0 Å². The van der Waals surface area contributed by atoms with E-state index in [1.165, 1.54) is 0 Å². The average molecular weight is 207 g/mol. The molecule has 0 bridgehead atoms. The second-order valence-corrected chi connectivity index (χ2v) is 3.79. The number of fused-ring (bicyclic) bond motifs is 1. The van der Waals surface area contributed by atoms with Crippen molar-refractivity contribution in [3.8, 4) is 11.5 Å². The van der Waals surface area contributed by atoms with Gasteiger partial charge in [0.15, 0.2) is 0 Å². The van der Waals surface area contributed by atoms with Gasteiger partial charge < -0.3 is 15.2 Å². The Hall–Kier alpha value is -1.22. The molecule has 1 aromatic carbocycles. The van der Waals surface area contributed by atoms with E-state index in [1.54, 1.807) is 0 Å². The molecule has 0 saturated carbocycles. The zero-order valence-electron chi connectivity index (χ0n) is 9.03. The van der Waals surface area contributed by atoms with Gasteiger partial charge >= 0.3 is 0 Å². The maximum atomic E-state index is 6.01. The highest BCUT2D eigenvalue weighted by Crippen LogP contribution is 2.33. The largest absolute Gasteiger partial charge is 0.494 e. The molecule has 0 radical (unpaired) electrons. The van der Waals surface area contributed by atoms with Crippen molar-refractivity contribution in [3.63, 3.8) is 0 Å². The minimum absolute atomic E-state index is 0.0823. The standard InChI is InChI=1S/C12H17NO2/c1-2-6-14-9-3-4-12-10(8-9)11(13)5-7-15-12/h3-4,8,11H,2,5-7,13H2,1H3/t11-/m1/s1. The van der Waals surface area contributed by atoms with Gasteiger partial charge in [-0.15, -0.1) is 0 Å². The monoisotopic (exact) mass is 207 g/mol. The smallest absolute Gasteiger partial charge is 0.124 e. The summed E-state index contributed by atoms with van der Waals surface area (Å²) in [6, 6.07) is 5.96. The maximum Gasteiger partial charge on any atom is 0.124 e. The summed E-state index contributed by atoms with van der Waals surface area (Å²) in [5.74, 6) is 1.79. The number of rotatable bonds is 3. The van der Waals surface area contributed by atoms with Gasteiger partial charge in [-0.1, -0.05) is 6.92 Å². The first-order valence-corrected chi connectivity index (χ1v) is 5.46. The first kappa shape index (κ1) is 10.3. The maximum absolute atomic E-state index is 6.01. The molecule has 1 atom stereocenters. The summed E-state index contributed by atoms with van der Waals surface area (Å²) in [7, 11) is 0. The first-order chi connectivity index (χ1) is 7.31. The van der Waals surface area contributed by atoms with Gasteiger partial charge in [0.1, 0.15) is 11.5 Å². The van der Waals surface area contributed by atoms with Crippen molar-refractivity contribution >= 4 is 0 Å². The third-order valence-electron chi connectivity index (χ3n) is 2.54. The molecule has 0 spiro atoms. The molecule has 82 valence electrons. The Morgan fingerprint density at radius 2 is 2.40 bits per heavy atom. The van der Waals surface area contributed by atoms with Crippen LogP contribution >= 0.6 is 0 Å². The molecular formula is C12H17NO2. The van der Waals surface area contributed by atoms with E-state index >= 15 is 0 Å². The molecule has 3 nitrogen and oxygen atoms in total. The van der Waals surface area contributed by atoms with E-state index < -0.39 is 0 Å². The Morgan fingerprint density at radius 3 is 3.20 bits per heavy atom. The summed E-state index contributed by atoms with van der Waals surface area (Å²) < 4.78 is 11.1. The van der Waals surface area contributed by atoms with E-state index in [-0.39, 0.29) is 6.04 Å². The summed E-state index contributed by atoms with van der Waals surface area (Å²) in [5.41, 5.74) is 7.07. The van der Waals surface area contributed by atoms with Gasteiger partial charge in [0.2, 0.25) is 0 Å². The molecule has 0 unspecified atom stereocenters. The quantitative estimate of drug-likeness (QED) is 0.826. The highest BCUT2D eigenvalue weighted by Gasteiger charge is 2.18. The second kappa shape index (κ2) is 4.53. The summed E-state index contributed by atoms with van der Waals surface area (Å²) in [5, 5.41) is 0. The van der Waals surface area contributed by atoms with Gasteiger partial charge in [0, 0.05) is 18.0 Å². The highest BCUT2D eigenvalue weighted by atomic mass is 16.5. The second-order valence-electron chi connectivity index (χ2n) is 3.79. The van der Waals surface area contributed by atoms with Crippen molar-refractivity contribution in [2.24, 2.45) is 5.73 Å². The van der Waals surface area contributed by atoms with Crippen LogP contribution < -0.4 is 15.2 Å². The van der Waals surface area contributed by atoms with Gasteiger partial charge in [0.05, 0.1) is 13.2 Å². The van der Waals surface area contributed by atoms with Crippen LogP contribution in [-0.4, -0.2) is 13.2 Å². The van der Waals surface area contributed by atoms with Crippen molar-refractivity contribution in [1.82, 2.24) is 0 Å². The molecule has 3 heteroatoms. The van der Waals surface area contributed by atoms with Gasteiger partial charge in [-0.05, 0) is 24.6 Å². The van der Waals surface area contributed by atoms with Gasteiger partial charge in [-0.2, -0.15) is 0 Å². The summed E-state index contributed by atoms with van der Waals surface area (Å²) in [6.45, 7) is 3.55. The number of hydrogen-bond acceptors (Lipinski definition) is 3. The molecule has 0 saturated heterocycles. The van der Waals surface area contributed by atoms with Crippen molar-refractivity contribution in [2.75, 3.05) is 13.2 Å². The summed E-state index contributed by atoms with van der Waals surface area (Å²) in [4.78, 5) is 0. The number of benzene rings is 1. The number of hydrogen-bond donors (Lipinski definition) is 1. The van der Waals surface area contributed by atoms with Gasteiger partial charge in [0.25, 0.3) is 0 Å². The van der Waals surface area contributed by atoms with Crippen molar-refractivity contribution < 1.29 is 9.47 Å². The lowest BCUT2D eigenvalue weighted by Crippen LogP contribution is -2.20. The van der Waals surface area contributed by atoms with Crippen LogP contribution in [0, 0.1) is 0 Å². The molecule has 0 aromatic heterocycles. The van der Waals surface area contributed by atoms with Gasteiger partial charge in [-0.25, -0.2) is 0 Å². The third kappa shape index (κ3) is 2.23. The predicted octanol–water partition coefficient (Wildman–Crippen LogP) is 2.26. The number of nitrogens with two attached hydrogens (primary N) is 1. The fraction of sp³-hybridized carbons (Fsp3) is 0.500. The van der Waals surface area contributed by atoms with Gasteiger partial charge in [-0.3, -0.25) is 0 Å². The lowest BCUT2D eigenvalue weighted by Gasteiger charge is -2.23. The fourth-order valence-electron chi connectivity index (χ4n) is 1.71. The van der Waals surface area contributed by atoms with Crippen LogP contribution in [0.25, 0.3) is 0 Å². The molecule has 15 heavy (non-hydrogen) atoms. The van der Waals surface area contributed by atoms with Crippen molar-refractivity contribution in [2.45, 2.75) is 25.8 Å². The average Bonchev–Trinajstić information content (AvgIpc) is 2.27. The minimum atomic E-state index is 0.0823. The molecule has 0 aliphatic carbocycles. The molecule has 1 aliphatic heterocycles. The topological polar surface area (TPSA) is 44.5 Å². The summed E-state index contributed by atoms with van der Waals surface area (Å²) >= 11 is 0. The fourth-order valence-corrected chi connectivity index (χ4v) is 1.71. The lowest BCUT2D eigenvalue weighted by atomic mass is 10.0. The molecule has 1 heterocycles. The van der Waals surface area contributed by atoms with Crippen molar-refractivity contribution in [1.29, 1.82) is 0 Å². The molecule has 1 aliphatic rings. The van der Waals surface area contributed by atoms with Crippen LogP contribution in [0.1, 0.15) is 31.4 Å². The zero-order valence-corrected chi connectivity index (χ0v) is 9.03. The molecule has 0 amide bonds.